The fraction of sp³-hybridized carbons (Fsp3) is 0.364. The quantitative estimate of drug-likeness (QED) is 0.276. The van der Waals surface area contributed by atoms with E-state index in [-0.39, 0.29) is 6.42 Å². The number of carboxylic acids is 1. The molecule has 1 aromatic heterocycles. The van der Waals surface area contributed by atoms with Crippen LogP contribution in [0.3, 0.4) is 0 Å². The van der Waals surface area contributed by atoms with E-state index >= 15 is 0 Å². The highest BCUT2D eigenvalue weighted by Crippen LogP contribution is 2.26. The minimum atomic E-state index is -0.921. The Bertz CT molecular complexity index is 929. The highest BCUT2D eigenvalue weighted by Gasteiger charge is 2.17. The van der Waals surface area contributed by atoms with Gasteiger partial charge in [0.25, 0.3) is 0 Å². The summed E-state index contributed by atoms with van der Waals surface area (Å²) in [6.45, 7) is 2.51. The van der Waals surface area contributed by atoms with E-state index in [1.807, 2.05) is 18.2 Å². The summed E-state index contributed by atoms with van der Waals surface area (Å²) in [5.41, 5.74) is 3.28. The van der Waals surface area contributed by atoms with Gasteiger partial charge in [-0.3, -0.25) is 9.79 Å². The van der Waals surface area contributed by atoms with Crippen LogP contribution in [0, 0.1) is 5.41 Å². The first-order valence-corrected chi connectivity index (χ1v) is 10.2. The van der Waals surface area contributed by atoms with Gasteiger partial charge in [-0.15, -0.1) is 0 Å². The molecule has 164 valence electrons. The molecular formula is C22H28N6O3. The molecule has 0 spiro atoms. The fourth-order valence-corrected chi connectivity index (χ4v) is 3.37. The Kier molecular flexibility index (Phi) is 7.80. The third-order valence-electron chi connectivity index (χ3n) is 4.96. The van der Waals surface area contributed by atoms with Crippen molar-refractivity contribution < 1.29 is 14.6 Å². The molecule has 0 radical (unpaired) electrons. The number of hydrogen-bond acceptors (Lipinski definition) is 8. The molecule has 1 aromatic carbocycles. The minimum absolute atomic E-state index is 0.114. The number of rotatable bonds is 11. The van der Waals surface area contributed by atoms with Crippen molar-refractivity contribution in [3.8, 4) is 5.88 Å². The van der Waals surface area contributed by atoms with E-state index in [4.69, 9.17) is 10.1 Å². The van der Waals surface area contributed by atoms with Gasteiger partial charge in [-0.1, -0.05) is 12.1 Å². The molecule has 0 bridgehead atoms. The lowest BCUT2D eigenvalue weighted by Crippen LogP contribution is -2.34. The lowest BCUT2D eigenvalue weighted by atomic mass is 10.0. The normalized spacial score (nSPS) is 13.6. The molecule has 3 rings (SSSR count). The zero-order valence-electron chi connectivity index (χ0n) is 17.5. The van der Waals surface area contributed by atoms with E-state index in [1.165, 1.54) is 13.3 Å². The summed E-state index contributed by atoms with van der Waals surface area (Å²) in [5, 5.41) is 26.9. The Morgan fingerprint density at radius 3 is 2.90 bits per heavy atom. The Morgan fingerprint density at radius 2 is 2.26 bits per heavy atom. The zero-order chi connectivity index (χ0) is 22.1. The average Bonchev–Trinajstić information content (AvgIpc) is 3.30. The van der Waals surface area contributed by atoms with Gasteiger partial charge in [0.1, 0.15) is 0 Å². The predicted octanol–water partition coefficient (Wildman–Crippen LogP) is 2.20. The molecule has 0 amide bonds. The van der Waals surface area contributed by atoms with Gasteiger partial charge in [0, 0.05) is 42.8 Å². The van der Waals surface area contributed by atoms with E-state index in [9.17, 15) is 9.90 Å². The van der Waals surface area contributed by atoms with Gasteiger partial charge in [0.05, 0.1) is 26.1 Å². The van der Waals surface area contributed by atoms with Crippen LogP contribution in [0.15, 0.2) is 41.5 Å². The molecule has 5 N–H and O–H groups in total. The number of methoxy groups -OCH3 is 1. The Morgan fingerprint density at radius 1 is 1.39 bits per heavy atom. The summed E-state index contributed by atoms with van der Waals surface area (Å²) < 4.78 is 5.07. The van der Waals surface area contributed by atoms with Crippen molar-refractivity contribution in [3.63, 3.8) is 0 Å². The Labute approximate surface area is 181 Å². The van der Waals surface area contributed by atoms with Crippen LogP contribution in [-0.4, -0.2) is 55.0 Å². The Balaban J connectivity index is 1.66. The van der Waals surface area contributed by atoms with Crippen LogP contribution in [0.25, 0.3) is 0 Å². The van der Waals surface area contributed by atoms with Gasteiger partial charge in [-0.05, 0) is 36.1 Å². The maximum atomic E-state index is 11.4. The van der Waals surface area contributed by atoms with E-state index in [0.29, 0.717) is 17.1 Å². The van der Waals surface area contributed by atoms with Gasteiger partial charge in [-0.2, -0.15) is 0 Å². The molecule has 1 atom stereocenters. The van der Waals surface area contributed by atoms with Gasteiger partial charge < -0.3 is 31.2 Å². The first-order chi connectivity index (χ1) is 15.1. The number of nitrogens with one attached hydrogen (secondary N) is 4. The molecule has 0 saturated heterocycles. The molecule has 2 heterocycles. The Hall–Kier alpha value is -3.62. The van der Waals surface area contributed by atoms with E-state index in [1.54, 1.807) is 18.3 Å². The topological polar surface area (TPSA) is 132 Å². The second kappa shape index (κ2) is 11.0. The molecule has 2 aromatic rings. The third kappa shape index (κ3) is 6.43. The van der Waals surface area contributed by atoms with Crippen LogP contribution >= 0.6 is 0 Å². The van der Waals surface area contributed by atoms with E-state index in [2.05, 4.69) is 25.9 Å². The van der Waals surface area contributed by atoms with E-state index < -0.39 is 12.0 Å². The van der Waals surface area contributed by atoms with Gasteiger partial charge in [0.15, 0.2) is 5.96 Å². The first kappa shape index (κ1) is 22.1. The van der Waals surface area contributed by atoms with Crippen molar-refractivity contribution in [2.24, 2.45) is 4.99 Å². The maximum absolute atomic E-state index is 11.4. The van der Waals surface area contributed by atoms with Gasteiger partial charge >= 0.3 is 5.97 Å². The third-order valence-corrected chi connectivity index (χ3v) is 4.96. The molecule has 0 aliphatic carbocycles. The van der Waals surface area contributed by atoms with Crippen LogP contribution in [0.5, 0.6) is 5.88 Å². The molecule has 1 aliphatic heterocycles. The lowest BCUT2D eigenvalue weighted by Gasteiger charge is -2.20. The van der Waals surface area contributed by atoms with Crippen molar-refractivity contribution >= 4 is 23.8 Å². The summed E-state index contributed by atoms with van der Waals surface area (Å²) in [6, 6.07) is 8.88. The highest BCUT2D eigenvalue weighted by molar-refractivity contribution is 5.86. The second-order valence-corrected chi connectivity index (χ2v) is 7.18. The summed E-state index contributed by atoms with van der Waals surface area (Å²) in [6.07, 6.45) is 4.57. The fourth-order valence-electron chi connectivity index (χ4n) is 3.37. The molecule has 9 heteroatoms. The van der Waals surface area contributed by atoms with Crippen LogP contribution in [0.2, 0.25) is 0 Å². The lowest BCUT2D eigenvalue weighted by molar-refractivity contribution is -0.137. The average molecular weight is 425 g/mol. The van der Waals surface area contributed by atoms with Crippen molar-refractivity contribution in [3.05, 3.63) is 53.2 Å². The van der Waals surface area contributed by atoms with Crippen LogP contribution in [-0.2, 0) is 11.2 Å². The number of aliphatic carboxylic acids is 1. The van der Waals surface area contributed by atoms with Gasteiger partial charge in [0.2, 0.25) is 5.88 Å². The van der Waals surface area contributed by atoms with Crippen LogP contribution < -0.4 is 20.7 Å². The number of nitrogens with zero attached hydrogens (tertiary/aromatic N) is 2. The first-order valence-electron chi connectivity index (χ1n) is 10.2. The number of hydrogen-bond donors (Lipinski definition) is 5. The SMILES string of the molecule is COc1ccc(C(CC(=O)O)Nc2ccc(CCCNC3=NCCN3)cc2C=N)cn1. The number of benzene rings is 1. The summed E-state index contributed by atoms with van der Waals surface area (Å²) in [4.78, 5) is 19.9. The van der Waals surface area contributed by atoms with Crippen LogP contribution in [0.4, 0.5) is 5.69 Å². The maximum Gasteiger partial charge on any atom is 0.305 e. The monoisotopic (exact) mass is 424 g/mol. The van der Waals surface area contributed by atoms with Crippen molar-refractivity contribution in [2.45, 2.75) is 25.3 Å². The number of anilines is 1. The molecule has 1 aliphatic rings. The summed E-state index contributed by atoms with van der Waals surface area (Å²) in [7, 11) is 1.53. The van der Waals surface area contributed by atoms with E-state index in [0.717, 1.165) is 49.6 Å². The standard InChI is InChI=1S/C22H28N6O3/c1-31-20-7-5-16(14-27-20)19(12-21(29)30)28-18-6-4-15(11-17(18)13-23)3-2-8-24-22-25-9-10-26-22/h4-7,11,13-14,19,23,28H,2-3,8-10,12H2,1H3,(H,29,30)(H2,24,25,26). The number of aryl methyl sites for hydroxylation is 1. The second-order valence-electron chi connectivity index (χ2n) is 7.18. The molecular weight excluding hydrogens is 396 g/mol. The molecule has 1 unspecified atom stereocenters. The summed E-state index contributed by atoms with van der Waals surface area (Å²) in [5.74, 6) is 0.403. The molecule has 0 fully saturated rings. The molecule has 9 nitrogen and oxygen atoms in total. The largest absolute Gasteiger partial charge is 0.481 e. The molecule has 0 saturated carbocycles. The van der Waals surface area contributed by atoms with Crippen molar-refractivity contribution in [2.75, 3.05) is 32.1 Å². The summed E-state index contributed by atoms with van der Waals surface area (Å²) >= 11 is 0. The number of aliphatic imine (C=N–C) groups is 1. The zero-order valence-corrected chi connectivity index (χ0v) is 17.5. The number of carbonyl (C=O) groups is 1. The number of carboxylic acid groups (broad SMARTS) is 1. The minimum Gasteiger partial charge on any atom is -0.481 e. The van der Waals surface area contributed by atoms with Gasteiger partial charge in [-0.25, -0.2) is 4.98 Å². The smallest absolute Gasteiger partial charge is 0.305 e. The number of guanidine groups is 1. The number of pyridine rings is 1. The van der Waals surface area contributed by atoms with Crippen LogP contribution in [0.1, 0.15) is 35.6 Å². The van der Waals surface area contributed by atoms with Crippen molar-refractivity contribution in [1.29, 1.82) is 5.41 Å². The molecule has 31 heavy (non-hydrogen) atoms. The number of aromatic nitrogens is 1. The highest BCUT2D eigenvalue weighted by atomic mass is 16.5. The predicted molar refractivity (Wildman–Crippen MR) is 120 cm³/mol. The number of ether oxygens (including phenoxy) is 1. The van der Waals surface area contributed by atoms with Crippen molar-refractivity contribution in [1.82, 2.24) is 15.6 Å².